The summed E-state index contributed by atoms with van der Waals surface area (Å²) in [6.07, 6.45) is 0. The van der Waals surface area contributed by atoms with Crippen LogP contribution in [0.15, 0.2) is 48.5 Å². The van der Waals surface area contributed by atoms with Crippen LogP contribution in [0.25, 0.3) is 22.2 Å². The van der Waals surface area contributed by atoms with Gasteiger partial charge in [-0.1, -0.05) is 12.1 Å². The Morgan fingerprint density at radius 1 is 1.10 bits per heavy atom. The van der Waals surface area contributed by atoms with Crippen LogP contribution in [0.2, 0.25) is 0 Å². The van der Waals surface area contributed by atoms with Gasteiger partial charge in [0.1, 0.15) is 5.82 Å². The molecule has 0 radical (unpaired) electrons. The molecule has 1 aromatic heterocycles. The fourth-order valence-corrected chi connectivity index (χ4v) is 2.20. The van der Waals surface area contributed by atoms with Crippen molar-refractivity contribution in [3.8, 4) is 11.3 Å². The van der Waals surface area contributed by atoms with E-state index in [-0.39, 0.29) is 5.82 Å². The highest BCUT2D eigenvalue weighted by Gasteiger charge is 2.07. The molecule has 3 aromatic rings. The van der Waals surface area contributed by atoms with E-state index in [1.165, 1.54) is 12.1 Å². The molecule has 100 valence electrons. The lowest BCUT2D eigenvalue weighted by Gasteiger charge is -2.08. The Kier molecular flexibility index (Phi) is 2.99. The third kappa shape index (κ3) is 2.16. The molecule has 3 nitrogen and oxygen atoms in total. The van der Waals surface area contributed by atoms with Gasteiger partial charge in [-0.25, -0.2) is 9.37 Å². The smallest absolute Gasteiger partial charge is 0.123 e. The molecule has 0 atom stereocenters. The van der Waals surface area contributed by atoms with E-state index in [0.717, 1.165) is 22.2 Å². The molecule has 0 aliphatic rings. The number of halogens is 1. The molecule has 0 bridgehead atoms. The predicted molar refractivity (Wildman–Crippen MR) is 81.1 cm³/mol. The van der Waals surface area contributed by atoms with Gasteiger partial charge in [-0.3, -0.25) is 0 Å². The Hall–Kier alpha value is -2.62. The van der Waals surface area contributed by atoms with Crippen molar-refractivity contribution in [2.24, 2.45) is 0 Å². The van der Waals surface area contributed by atoms with Gasteiger partial charge in [0.15, 0.2) is 0 Å². The number of anilines is 2. The van der Waals surface area contributed by atoms with E-state index in [1.54, 1.807) is 12.1 Å². The topological polar surface area (TPSA) is 50.9 Å². The van der Waals surface area contributed by atoms with Crippen LogP contribution in [0.4, 0.5) is 15.8 Å². The second kappa shape index (κ2) is 4.81. The number of rotatable bonds is 2. The minimum absolute atomic E-state index is 0.284. The van der Waals surface area contributed by atoms with Crippen LogP contribution >= 0.6 is 0 Å². The van der Waals surface area contributed by atoms with Crippen LogP contribution in [0, 0.1) is 5.82 Å². The summed E-state index contributed by atoms with van der Waals surface area (Å²) in [5, 5.41) is 3.95. The molecule has 3 rings (SSSR count). The Balaban J connectivity index is 2.19. The van der Waals surface area contributed by atoms with E-state index < -0.39 is 0 Å². The van der Waals surface area contributed by atoms with Crippen LogP contribution in [0.5, 0.6) is 0 Å². The zero-order chi connectivity index (χ0) is 14.1. The van der Waals surface area contributed by atoms with Gasteiger partial charge < -0.3 is 11.1 Å². The summed E-state index contributed by atoms with van der Waals surface area (Å²) in [4.78, 5) is 4.55. The SMILES string of the molecule is CNc1ccc2nc(-c3cccc(F)c3)cc(N)c2c1. The van der Waals surface area contributed by atoms with Crippen molar-refractivity contribution in [1.29, 1.82) is 0 Å². The molecule has 0 unspecified atom stereocenters. The second-order valence-corrected chi connectivity index (χ2v) is 4.59. The number of nitrogens with one attached hydrogen (secondary N) is 1. The molecule has 0 aliphatic carbocycles. The van der Waals surface area contributed by atoms with Gasteiger partial charge in [0.25, 0.3) is 0 Å². The van der Waals surface area contributed by atoms with E-state index >= 15 is 0 Å². The molecule has 0 amide bonds. The molecule has 0 saturated carbocycles. The highest BCUT2D eigenvalue weighted by atomic mass is 19.1. The second-order valence-electron chi connectivity index (χ2n) is 4.59. The first-order chi connectivity index (χ1) is 9.67. The van der Waals surface area contributed by atoms with Gasteiger partial charge in [0.2, 0.25) is 0 Å². The molecule has 4 heteroatoms. The molecule has 2 aromatic carbocycles. The Bertz CT molecular complexity index is 784. The maximum absolute atomic E-state index is 13.3. The third-order valence-electron chi connectivity index (χ3n) is 3.25. The molecule has 0 saturated heterocycles. The minimum atomic E-state index is -0.284. The lowest BCUT2D eigenvalue weighted by Crippen LogP contribution is -1.95. The first-order valence-corrected chi connectivity index (χ1v) is 6.31. The largest absolute Gasteiger partial charge is 0.398 e. The molecule has 0 fully saturated rings. The van der Waals surface area contributed by atoms with Gasteiger partial charge in [-0.05, 0) is 36.4 Å². The summed E-state index contributed by atoms with van der Waals surface area (Å²) < 4.78 is 13.3. The van der Waals surface area contributed by atoms with Gasteiger partial charge in [-0.2, -0.15) is 0 Å². The minimum Gasteiger partial charge on any atom is -0.398 e. The molecule has 1 heterocycles. The number of pyridine rings is 1. The average Bonchev–Trinajstić information content (AvgIpc) is 2.47. The number of nitrogen functional groups attached to an aromatic ring is 1. The molecule has 3 N–H and O–H groups in total. The van der Waals surface area contributed by atoms with Crippen molar-refractivity contribution in [3.63, 3.8) is 0 Å². The molecule has 20 heavy (non-hydrogen) atoms. The van der Waals surface area contributed by atoms with Crippen molar-refractivity contribution in [1.82, 2.24) is 4.98 Å². The number of fused-ring (bicyclic) bond motifs is 1. The lowest BCUT2D eigenvalue weighted by atomic mass is 10.1. The van der Waals surface area contributed by atoms with Crippen LogP contribution in [-0.2, 0) is 0 Å². The van der Waals surface area contributed by atoms with Crippen LogP contribution in [0.1, 0.15) is 0 Å². The predicted octanol–water partition coefficient (Wildman–Crippen LogP) is 3.66. The molecular weight excluding hydrogens is 253 g/mol. The van der Waals surface area contributed by atoms with E-state index in [1.807, 2.05) is 31.3 Å². The van der Waals surface area contributed by atoms with Crippen LogP contribution < -0.4 is 11.1 Å². The van der Waals surface area contributed by atoms with Crippen LogP contribution in [-0.4, -0.2) is 12.0 Å². The molecule has 0 aliphatic heterocycles. The normalized spacial score (nSPS) is 10.7. The third-order valence-corrected chi connectivity index (χ3v) is 3.25. The number of benzene rings is 2. The van der Waals surface area contributed by atoms with Gasteiger partial charge in [0, 0.05) is 29.4 Å². The highest BCUT2D eigenvalue weighted by Crippen LogP contribution is 2.28. The highest BCUT2D eigenvalue weighted by molar-refractivity contribution is 5.94. The van der Waals surface area contributed by atoms with Gasteiger partial charge in [-0.15, -0.1) is 0 Å². The van der Waals surface area contributed by atoms with Crippen LogP contribution in [0.3, 0.4) is 0 Å². The van der Waals surface area contributed by atoms with Crippen molar-refractivity contribution in [2.45, 2.75) is 0 Å². The number of hydrogen-bond acceptors (Lipinski definition) is 3. The maximum atomic E-state index is 13.3. The summed E-state index contributed by atoms with van der Waals surface area (Å²) in [5.41, 5.74) is 9.89. The summed E-state index contributed by atoms with van der Waals surface area (Å²) in [5.74, 6) is -0.284. The monoisotopic (exact) mass is 267 g/mol. The van der Waals surface area contributed by atoms with E-state index in [0.29, 0.717) is 11.4 Å². The van der Waals surface area contributed by atoms with E-state index in [2.05, 4.69) is 10.3 Å². The van der Waals surface area contributed by atoms with E-state index in [4.69, 9.17) is 5.73 Å². The summed E-state index contributed by atoms with van der Waals surface area (Å²) in [6.45, 7) is 0. The van der Waals surface area contributed by atoms with E-state index in [9.17, 15) is 4.39 Å². The first-order valence-electron chi connectivity index (χ1n) is 6.31. The standard InChI is InChI=1S/C16H14FN3/c1-19-12-5-6-15-13(8-12)14(18)9-16(20-15)10-3-2-4-11(17)7-10/h2-9,19H,1H3,(H2,18,20). The first kappa shape index (κ1) is 12.4. The number of nitrogens with zero attached hydrogens (tertiary/aromatic N) is 1. The van der Waals surface area contributed by atoms with Crippen molar-refractivity contribution in [3.05, 3.63) is 54.3 Å². The summed E-state index contributed by atoms with van der Waals surface area (Å²) in [6, 6.07) is 13.9. The molecule has 0 spiro atoms. The van der Waals surface area contributed by atoms with Crippen molar-refractivity contribution in [2.75, 3.05) is 18.1 Å². The average molecular weight is 267 g/mol. The summed E-state index contributed by atoms with van der Waals surface area (Å²) >= 11 is 0. The Morgan fingerprint density at radius 3 is 2.70 bits per heavy atom. The fraction of sp³-hybridized carbons (Fsp3) is 0.0625. The number of hydrogen-bond donors (Lipinski definition) is 2. The zero-order valence-corrected chi connectivity index (χ0v) is 11.0. The van der Waals surface area contributed by atoms with Gasteiger partial charge >= 0.3 is 0 Å². The van der Waals surface area contributed by atoms with Crippen molar-refractivity contribution >= 4 is 22.3 Å². The quantitative estimate of drug-likeness (QED) is 0.745. The summed E-state index contributed by atoms with van der Waals surface area (Å²) in [7, 11) is 1.85. The lowest BCUT2D eigenvalue weighted by molar-refractivity contribution is 0.628. The number of nitrogens with two attached hydrogens (primary N) is 1. The number of aromatic nitrogens is 1. The Labute approximate surface area is 116 Å². The maximum Gasteiger partial charge on any atom is 0.123 e. The fourth-order valence-electron chi connectivity index (χ4n) is 2.20. The zero-order valence-electron chi connectivity index (χ0n) is 11.0. The van der Waals surface area contributed by atoms with Gasteiger partial charge in [0.05, 0.1) is 11.2 Å². The van der Waals surface area contributed by atoms with Crippen molar-refractivity contribution < 1.29 is 4.39 Å². The Morgan fingerprint density at radius 2 is 1.95 bits per heavy atom. The molecular formula is C16H14FN3.